The molecule has 8 heteroatoms. The summed E-state index contributed by atoms with van der Waals surface area (Å²) in [5.74, 6) is 0.200. The van der Waals surface area contributed by atoms with Gasteiger partial charge in [-0.3, -0.25) is 14.2 Å². The molecule has 1 amide bonds. The molecule has 0 unspecified atom stereocenters. The Kier molecular flexibility index (Phi) is 6.36. The van der Waals surface area contributed by atoms with Crippen molar-refractivity contribution in [3.63, 3.8) is 0 Å². The Morgan fingerprint density at radius 2 is 2.00 bits per heavy atom. The summed E-state index contributed by atoms with van der Waals surface area (Å²) >= 11 is 7.08. The van der Waals surface area contributed by atoms with Crippen molar-refractivity contribution in [3.05, 3.63) is 58.0 Å². The third kappa shape index (κ3) is 4.36. The number of anilines is 1. The van der Waals surface area contributed by atoms with E-state index in [-0.39, 0.29) is 17.5 Å². The number of carbonyl (C=O) groups is 1. The van der Waals surface area contributed by atoms with Crippen LogP contribution in [0.4, 0.5) is 5.82 Å². The first-order chi connectivity index (χ1) is 13.4. The number of benzene rings is 1. The highest BCUT2D eigenvalue weighted by molar-refractivity contribution is 8.00. The molecule has 2 aromatic heterocycles. The van der Waals surface area contributed by atoms with Crippen LogP contribution >= 0.6 is 23.4 Å². The minimum Gasteiger partial charge on any atom is -0.310 e. The first-order valence-corrected chi connectivity index (χ1v) is 10.3. The van der Waals surface area contributed by atoms with E-state index in [0.29, 0.717) is 26.9 Å². The minimum atomic E-state index is -0.471. The number of halogens is 1. The fraction of sp³-hybridized carbons (Fsp3) is 0.300. The van der Waals surface area contributed by atoms with Gasteiger partial charge in [0, 0.05) is 12.2 Å². The van der Waals surface area contributed by atoms with Crippen molar-refractivity contribution in [2.45, 2.75) is 43.6 Å². The summed E-state index contributed by atoms with van der Waals surface area (Å²) in [6.45, 7) is 5.77. The van der Waals surface area contributed by atoms with Gasteiger partial charge in [0.15, 0.2) is 5.16 Å². The maximum absolute atomic E-state index is 13.0. The van der Waals surface area contributed by atoms with E-state index in [0.717, 1.165) is 6.42 Å². The monoisotopic (exact) mass is 416 g/mol. The highest BCUT2D eigenvalue weighted by Gasteiger charge is 2.21. The van der Waals surface area contributed by atoms with Crippen LogP contribution in [0, 0.1) is 0 Å². The smallest absolute Gasteiger partial charge is 0.262 e. The molecule has 0 aliphatic heterocycles. The van der Waals surface area contributed by atoms with Gasteiger partial charge in [-0.05, 0) is 44.5 Å². The number of hydrogen-bond donors (Lipinski definition) is 1. The van der Waals surface area contributed by atoms with E-state index in [4.69, 9.17) is 11.6 Å². The predicted molar refractivity (Wildman–Crippen MR) is 114 cm³/mol. The highest BCUT2D eigenvalue weighted by Crippen LogP contribution is 2.26. The number of fused-ring (bicyclic) bond motifs is 1. The van der Waals surface area contributed by atoms with Crippen LogP contribution in [0.1, 0.15) is 33.2 Å². The van der Waals surface area contributed by atoms with Crippen LogP contribution in [0.25, 0.3) is 10.9 Å². The maximum atomic E-state index is 13.0. The van der Waals surface area contributed by atoms with Gasteiger partial charge in [0.1, 0.15) is 5.82 Å². The molecule has 0 saturated heterocycles. The average molecular weight is 417 g/mol. The van der Waals surface area contributed by atoms with E-state index in [1.54, 1.807) is 29.7 Å². The van der Waals surface area contributed by atoms with Gasteiger partial charge in [0.25, 0.3) is 5.56 Å². The summed E-state index contributed by atoms with van der Waals surface area (Å²) in [7, 11) is 0. The van der Waals surface area contributed by atoms with E-state index in [9.17, 15) is 9.59 Å². The number of pyridine rings is 1. The fourth-order valence-electron chi connectivity index (χ4n) is 2.67. The second-order valence-electron chi connectivity index (χ2n) is 6.45. The van der Waals surface area contributed by atoms with Crippen LogP contribution in [-0.2, 0) is 4.79 Å². The molecule has 2 atom stereocenters. The zero-order valence-electron chi connectivity index (χ0n) is 15.8. The summed E-state index contributed by atoms with van der Waals surface area (Å²) < 4.78 is 1.68. The van der Waals surface area contributed by atoms with Crippen LogP contribution in [0.5, 0.6) is 0 Å². The lowest BCUT2D eigenvalue weighted by Gasteiger charge is -2.20. The van der Waals surface area contributed by atoms with E-state index < -0.39 is 5.25 Å². The van der Waals surface area contributed by atoms with Gasteiger partial charge in [-0.1, -0.05) is 42.4 Å². The topological polar surface area (TPSA) is 76.9 Å². The Labute approximate surface area is 172 Å². The molecule has 2 heterocycles. The average Bonchev–Trinajstić information content (AvgIpc) is 2.69. The first kappa shape index (κ1) is 20.4. The normalized spacial score (nSPS) is 13.3. The molecule has 28 heavy (non-hydrogen) atoms. The van der Waals surface area contributed by atoms with Crippen molar-refractivity contribution in [1.29, 1.82) is 0 Å². The molecule has 0 radical (unpaired) electrons. The molecule has 0 saturated carbocycles. The Morgan fingerprint density at radius 3 is 2.68 bits per heavy atom. The van der Waals surface area contributed by atoms with Crippen molar-refractivity contribution >= 4 is 46.0 Å². The molecule has 1 N–H and O–H groups in total. The molecule has 0 fully saturated rings. The number of nitrogens with one attached hydrogen (secondary N) is 1. The van der Waals surface area contributed by atoms with Gasteiger partial charge in [0.2, 0.25) is 5.91 Å². The summed E-state index contributed by atoms with van der Waals surface area (Å²) in [5.41, 5.74) is 0.538. The quantitative estimate of drug-likeness (QED) is 0.471. The second-order valence-corrected chi connectivity index (χ2v) is 8.20. The van der Waals surface area contributed by atoms with E-state index in [1.165, 1.54) is 18.0 Å². The van der Waals surface area contributed by atoms with Crippen molar-refractivity contribution in [3.8, 4) is 0 Å². The lowest BCUT2D eigenvalue weighted by atomic mass is 10.2. The minimum absolute atomic E-state index is 0.0275. The van der Waals surface area contributed by atoms with E-state index >= 15 is 0 Å². The van der Waals surface area contributed by atoms with Gasteiger partial charge in [0.05, 0.1) is 21.2 Å². The summed E-state index contributed by atoms with van der Waals surface area (Å²) in [6, 6.07) is 10.5. The molecule has 146 valence electrons. The van der Waals surface area contributed by atoms with Gasteiger partial charge in [-0.2, -0.15) is 0 Å². The predicted octanol–water partition coefficient (Wildman–Crippen LogP) is 4.54. The summed E-state index contributed by atoms with van der Waals surface area (Å²) in [4.78, 5) is 34.3. The largest absolute Gasteiger partial charge is 0.310 e. The number of hydrogen-bond acceptors (Lipinski definition) is 5. The van der Waals surface area contributed by atoms with Crippen LogP contribution in [-0.4, -0.2) is 25.7 Å². The SMILES string of the molecule is CC[C@@H](C)n1c(S[C@@H](C)C(=O)Nc2ccc(Cl)cn2)nc2ccccc2c1=O. The molecule has 3 aromatic rings. The van der Waals surface area contributed by atoms with Crippen LogP contribution in [0.15, 0.2) is 52.5 Å². The first-order valence-electron chi connectivity index (χ1n) is 9.01. The van der Waals surface area contributed by atoms with E-state index in [1.807, 2.05) is 32.0 Å². The lowest BCUT2D eigenvalue weighted by Crippen LogP contribution is -2.28. The molecule has 1 aromatic carbocycles. The Balaban J connectivity index is 1.90. The van der Waals surface area contributed by atoms with Crippen molar-refractivity contribution in [2.75, 3.05) is 5.32 Å². The number of nitrogens with zero attached hydrogens (tertiary/aromatic N) is 3. The van der Waals surface area contributed by atoms with Gasteiger partial charge in [-0.25, -0.2) is 9.97 Å². The molecule has 0 aliphatic carbocycles. The Hall–Kier alpha value is -2.38. The number of thioether (sulfide) groups is 1. The van der Waals surface area contributed by atoms with Gasteiger partial charge in [-0.15, -0.1) is 0 Å². The molecule has 0 bridgehead atoms. The van der Waals surface area contributed by atoms with Crippen LogP contribution < -0.4 is 10.9 Å². The Morgan fingerprint density at radius 1 is 1.25 bits per heavy atom. The standard InChI is InChI=1S/C20H21ClN4O2S/c1-4-12(2)25-19(27)15-7-5-6-8-16(15)23-20(25)28-13(3)18(26)24-17-10-9-14(21)11-22-17/h5-13H,4H2,1-3H3,(H,22,24,26)/t12-,13+/m1/s1. The van der Waals surface area contributed by atoms with Gasteiger partial charge >= 0.3 is 0 Å². The molecule has 0 spiro atoms. The van der Waals surface area contributed by atoms with Gasteiger partial charge < -0.3 is 5.32 Å². The molecule has 0 aliphatic rings. The number of carbonyl (C=O) groups excluding carboxylic acids is 1. The number of rotatable bonds is 6. The van der Waals surface area contributed by atoms with Crippen molar-refractivity contribution < 1.29 is 4.79 Å². The lowest BCUT2D eigenvalue weighted by molar-refractivity contribution is -0.115. The number of aromatic nitrogens is 3. The van der Waals surface area contributed by atoms with Crippen LogP contribution in [0.3, 0.4) is 0 Å². The molecular weight excluding hydrogens is 396 g/mol. The molecular formula is C20H21ClN4O2S. The zero-order valence-corrected chi connectivity index (χ0v) is 17.4. The second kappa shape index (κ2) is 8.75. The number of para-hydroxylation sites is 1. The highest BCUT2D eigenvalue weighted by atomic mass is 35.5. The summed E-state index contributed by atoms with van der Waals surface area (Å²) in [6.07, 6.45) is 2.25. The third-order valence-corrected chi connectivity index (χ3v) is 5.73. The van der Waals surface area contributed by atoms with Crippen molar-refractivity contribution in [2.24, 2.45) is 0 Å². The molecule has 3 rings (SSSR count). The van der Waals surface area contributed by atoms with Crippen molar-refractivity contribution in [1.82, 2.24) is 14.5 Å². The third-order valence-electron chi connectivity index (χ3n) is 4.44. The van der Waals surface area contributed by atoms with Crippen LogP contribution in [0.2, 0.25) is 5.02 Å². The Bertz CT molecular complexity index is 1050. The number of amides is 1. The maximum Gasteiger partial charge on any atom is 0.262 e. The summed E-state index contributed by atoms with van der Waals surface area (Å²) in [5, 5.41) is 3.90. The fourth-order valence-corrected chi connectivity index (χ4v) is 3.79. The zero-order chi connectivity index (χ0) is 20.3. The molecule has 6 nitrogen and oxygen atoms in total. The van der Waals surface area contributed by atoms with E-state index in [2.05, 4.69) is 15.3 Å².